The van der Waals surface area contributed by atoms with Crippen molar-refractivity contribution < 1.29 is 4.57 Å². The third-order valence-corrected chi connectivity index (χ3v) is 5.01. The van der Waals surface area contributed by atoms with Crippen LogP contribution in [-0.2, 0) is 4.57 Å². The zero-order valence-electron chi connectivity index (χ0n) is 7.94. The van der Waals surface area contributed by atoms with Gasteiger partial charge in [0, 0.05) is 37.7 Å². The zero-order chi connectivity index (χ0) is 10.9. The molecule has 0 aliphatic carbocycles. The standard InChI is InChI=1S/C9H12N3OP/c10-4-1-7-14(13,8-2-5-11)9-3-6-12/h1-3,7-9H2. The van der Waals surface area contributed by atoms with E-state index in [9.17, 15) is 4.57 Å². The first-order valence-electron chi connectivity index (χ1n) is 4.36. The Balaban J connectivity index is 4.22. The molecule has 0 radical (unpaired) electrons. The molecule has 0 heterocycles. The summed E-state index contributed by atoms with van der Waals surface area (Å²) in [6.45, 7) is 0. The minimum absolute atomic E-state index is 0.244. The van der Waals surface area contributed by atoms with Gasteiger partial charge in [0.15, 0.2) is 0 Å². The maximum atomic E-state index is 12.0. The normalized spacial score (nSPS) is 9.79. The largest absolute Gasteiger partial charge is 0.323 e. The van der Waals surface area contributed by atoms with Crippen LogP contribution in [0.25, 0.3) is 0 Å². The smallest absolute Gasteiger partial charge is 0.0907 e. The van der Waals surface area contributed by atoms with E-state index in [0.717, 1.165) is 0 Å². The second-order valence-corrected chi connectivity index (χ2v) is 6.41. The van der Waals surface area contributed by atoms with E-state index in [1.54, 1.807) is 0 Å². The van der Waals surface area contributed by atoms with Gasteiger partial charge >= 0.3 is 0 Å². The molecule has 5 heteroatoms. The van der Waals surface area contributed by atoms with Gasteiger partial charge in [-0.2, -0.15) is 15.8 Å². The van der Waals surface area contributed by atoms with Gasteiger partial charge in [-0.1, -0.05) is 0 Å². The molecule has 0 bridgehead atoms. The summed E-state index contributed by atoms with van der Waals surface area (Å²) in [6.07, 6.45) is 1.75. The van der Waals surface area contributed by atoms with Crippen molar-refractivity contribution in [1.82, 2.24) is 0 Å². The van der Waals surface area contributed by atoms with Gasteiger partial charge in [-0.25, -0.2) is 0 Å². The van der Waals surface area contributed by atoms with Crippen LogP contribution in [-0.4, -0.2) is 18.5 Å². The second kappa shape index (κ2) is 7.14. The van der Waals surface area contributed by atoms with Crippen molar-refractivity contribution in [2.24, 2.45) is 0 Å². The average Bonchev–Trinajstić information content (AvgIpc) is 2.21. The molecular formula is C9H12N3OP. The summed E-state index contributed by atoms with van der Waals surface area (Å²) in [6, 6.07) is 5.81. The third-order valence-electron chi connectivity index (χ3n) is 1.89. The molecular weight excluding hydrogens is 197 g/mol. The maximum absolute atomic E-state index is 12.0. The van der Waals surface area contributed by atoms with Crippen LogP contribution in [0.3, 0.4) is 0 Å². The highest BCUT2D eigenvalue weighted by atomic mass is 31.2. The van der Waals surface area contributed by atoms with E-state index >= 15 is 0 Å². The van der Waals surface area contributed by atoms with Crippen molar-refractivity contribution in [2.75, 3.05) is 18.5 Å². The van der Waals surface area contributed by atoms with Crippen molar-refractivity contribution in [3.8, 4) is 18.2 Å². The summed E-state index contributed by atoms with van der Waals surface area (Å²) >= 11 is 0. The predicted molar refractivity (Wildman–Crippen MR) is 52.9 cm³/mol. The fourth-order valence-corrected chi connectivity index (χ4v) is 3.29. The van der Waals surface area contributed by atoms with E-state index in [2.05, 4.69) is 0 Å². The lowest BCUT2D eigenvalue weighted by molar-refractivity contribution is 0.574. The molecule has 0 spiro atoms. The molecule has 0 aromatic heterocycles. The molecule has 0 rings (SSSR count). The van der Waals surface area contributed by atoms with E-state index < -0.39 is 7.14 Å². The number of nitrogens with zero attached hydrogens (tertiary/aromatic N) is 3. The first-order chi connectivity index (χ1) is 6.68. The summed E-state index contributed by atoms with van der Waals surface area (Å²) in [4.78, 5) is 0. The molecule has 0 aliphatic heterocycles. The van der Waals surface area contributed by atoms with Crippen molar-refractivity contribution in [3.05, 3.63) is 0 Å². The lowest BCUT2D eigenvalue weighted by Gasteiger charge is -2.13. The average molecular weight is 209 g/mol. The lowest BCUT2D eigenvalue weighted by atomic mass is 10.5. The number of hydrogen-bond donors (Lipinski definition) is 0. The maximum Gasteiger partial charge on any atom is 0.0907 e. The van der Waals surface area contributed by atoms with Gasteiger partial charge in [-0.15, -0.1) is 0 Å². The van der Waals surface area contributed by atoms with Crippen molar-refractivity contribution in [3.63, 3.8) is 0 Å². The summed E-state index contributed by atoms with van der Waals surface area (Å²) in [5.41, 5.74) is 0. The molecule has 0 saturated heterocycles. The number of rotatable bonds is 6. The van der Waals surface area contributed by atoms with Gasteiger partial charge in [-0.3, -0.25) is 0 Å². The summed E-state index contributed by atoms with van der Waals surface area (Å²) < 4.78 is 12.0. The Morgan fingerprint density at radius 1 is 0.786 bits per heavy atom. The van der Waals surface area contributed by atoms with Crippen LogP contribution < -0.4 is 0 Å². The summed E-state index contributed by atoms with van der Waals surface area (Å²) in [7, 11) is -2.44. The van der Waals surface area contributed by atoms with Gasteiger partial charge in [0.1, 0.15) is 0 Å². The second-order valence-electron chi connectivity index (χ2n) is 2.95. The SMILES string of the molecule is N#CCCP(=O)(CCC#N)CCC#N. The van der Waals surface area contributed by atoms with Crippen LogP contribution in [0.1, 0.15) is 19.3 Å². The van der Waals surface area contributed by atoms with E-state index in [-0.39, 0.29) is 19.3 Å². The molecule has 0 fully saturated rings. The molecule has 4 nitrogen and oxygen atoms in total. The Hall–Kier alpha value is -1.30. The molecule has 14 heavy (non-hydrogen) atoms. The molecule has 0 aromatic rings. The van der Waals surface area contributed by atoms with Gasteiger partial charge in [0.25, 0.3) is 0 Å². The topological polar surface area (TPSA) is 88.4 Å². The van der Waals surface area contributed by atoms with Crippen molar-refractivity contribution in [2.45, 2.75) is 19.3 Å². The highest BCUT2D eigenvalue weighted by molar-refractivity contribution is 7.63. The molecule has 0 aliphatic rings. The van der Waals surface area contributed by atoms with E-state index in [1.807, 2.05) is 18.2 Å². The number of hydrogen-bond acceptors (Lipinski definition) is 4. The first kappa shape index (κ1) is 12.7. The Kier molecular flexibility index (Phi) is 6.47. The number of nitriles is 3. The van der Waals surface area contributed by atoms with Crippen molar-refractivity contribution in [1.29, 1.82) is 15.8 Å². The van der Waals surface area contributed by atoms with Crippen LogP contribution in [0.15, 0.2) is 0 Å². The van der Waals surface area contributed by atoms with Crippen LogP contribution in [0.4, 0.5) is 0 Å². The van der Waals surface area contributed by atoms with Crippen molar-refractivity contribution >= 4 is 7.14 Å². The fourth-order valence-electron chi connectivity index (χ4n) is 1.10. The quantitative estimate of drug-likeness (QED) is 0.626. The first-order valence-corrected chi connectivity index (χ1v) is 6.63. The summed E-state index contributed by atoms with van der Waals surface area (Å²) in [5.74, 6) is 0. The Morgan fingerprint density at radius 3 is 1.29 bits per heavy atom. The molecule has 0 N–H and O–H groups in total. The van der Waals surface area contributed by atoms with Gasteiger partial charge < -0.3 is 4.57 Å². The Labute approximate surface area is 84.1 Å². The monoisotopic (exact) mass is 209 g/mol. The minimum Gasteiger partial charge on any atom is -0.323 e. The Morgan fingerprint density at radius 2 is 1.07 bits per heavy atom. The van der Waals surface area contributed by atoms with Crippen LogP contribution in [0.2, 0.25) is 0 Å². The van der Waals surface area contributed by atoms with E-state index in [0.29, 0.717) is 18.5 Å². The van der Waals surface area contributed by atoms with Gasteiger partial charge in [0.05, 0.1) is 25.3 Å². The van der Waals surface area contributed by atoms with Gasteiger partial charge in [-0.05, 0) is 0 Å². The molecule has 0 aromatic carbocycles. The molecule has 0 amide bonds. The lowest BCUT2D eigenvalue weighted by Crippen LogP contribution is -1.99. The zero-order valence-corrected chi connectivity index (χ0v) is 8.83. The van der Waals surface area contributed by atoms with Gasteiger partial charge in [0.2, 0.25) is 0 Å². The molecule has 0 saturated carbocycles. The molecule has 74 valence electrons. The predicted octanol–water partition coefficient (Wildman–Crippen LogP) is 2.09. The van der Waals surface area contributed by atoms with E-state index in [1.165, 1.54) is 0 Å². The molecule has 0 atom stereocenters. The highest BCUT2D eigenvalue weighted by Crippen LogP contribution is 2.47. The third kappa shape index (κ3) is 5.36. The minimum atomic E-state index is -2.44. The van der Waals surface area contributed by atoms with Crippen LogP contribution >= 0.6 is 7.14 Å². The Bertz CT molecular complexity index is 279. The molecule has 0 unspecified atom stereocenters. The highest BCUT2D eigenvalue weighted by Gasteiger charge is 2.20. The summed E-state index contributed by atoms with van der Waals surface area (Å²) in [5, 5.41) is 25.1. The van der Waals surface area contributed by atoms with E-state index in [4.69, 9.17) is 15.8 Å². The van der Waals surface area contributed by atoms with Crippen LogP contribution in [0, 0.1) is 34.0 Å². The fraction of sp³-hybridized carbons (Fsp3) is 0.667. The van der Waals surface area contributed by atoms with Crippen LogP contribution in [0.5, 0.6) is 0 Å².